The van der Waals surface area contributed by atoms with Crippen LogP contribution in [0.15, 0.2) is 23.2 Å². The first-order valence-electron chi connectivity index (χ1n) is 9.72. The quantitative estimate of drug-likeness (QED) is 0.795. The molecule has 0 bridgehead atoms. The Bertz CT molecular complexity index is 667. The van der Waals surface area contributed by atoms with E-state index < -0.39 is 0 Å². The zero-order valence-electron chi connectivity index (χ0n) is 16.3. The summed E-state index contributed by atoms with van der Waals surface area (Å²) in [7, 11) is 4.17. The molecule has 1 aliphatic heterocycles. The van der Waals surface area contributed by atoms with E-state index in [1.54, 1.807) is 0 Å². The lowest BCUT2D eigenvalue weighted by Crippen LogP contribution is -2.31. The van der Waals surface area contributed by atoms with Crippen molar-refractivity contribution in [3.05, 3.63) is 34.9 Å². The Morgan fingerprint density at radius 2 is 1.92 bits per heavy atom. The minimum atomic E-state index is -0.113. The highest BCUT2D eigenvalue weighted by Crippen LogP contribution is 2.31. The van der Waals surface area contributed by atoms with E-state index in [9.17, 15) is 4.79 Å². The Kier molecular flexibility index (Phi) is 5.43. The summed E-state index contributed by atoms with van der Waals surface area (Å²) >= 11 is 0. The Hall–Kier alpha value is -1.48. The lowest BCUT2D eigenvalue weighted by atomic mass is 9.81. The van der Waals surface area contributed by atoms with Gasteiger partial charge in [0, 0.05) is 18.9 Å². The topological polar surface area (TPSA) is 32.7 Å². The number of rotatable bonds is 5. The maximum atomic E-state index is 12.9. The molecule has 0 atom stereocenters. The molecule has 1 heterocycles. The lowest BCUT2D eigenvalue weighted by molar-refractivity contribution is -0.122. The highest BCUT2D eigenvalue weighted by Gasteiger charge is 2.30. The van der Waals surface area contributed by atoms with Gasteiger partial charge in [-0.2, -0.15) is 0 Å². The first kappa shape index (κ1) is 18.3. The molecule has 3 rings (SSSR count). The summed E-state index contributed by atoms with van der Waals surface area (Å²) < 4.78 is 0. The summed E-state index contributed by atoms with van der Waals surface area (Å²) in [5.41, 5.74) is 4.75. The molecular formula is C22H32N2O. The summed E-state index contributed by atoms with van der Waals surface area (Å²) in [4.78, 5) is 20.0. The van der Waals surface area contributed by atoms with Crippen molar-refractivity contribution in [2.24, 2.45) is 10.9 Å². The maximum absolute atomic E-state index is 12.9. The van der Waals surface area contributed by atoms with E-state index in [0.717, 1.165) is 31.5 Å². The van der Waals surface area contributed by atoms with Crippen molar-refractivity contribution in [3.8, 4) is 0 Å². The smallest absolute Gasteiger partial charge is 0.141 e. The van der Waals surface area contributed by atoms with Crippen LogP contribution in [-0.2, 0) is 17.8 Å². The van der Waals surface area contributed by atoms with Crippen LogP contribution in [-0.4, -0.2) is 36.0 Å². The van der Waals surface area contributed by atoms with Crippen molar-refractivity contribution < 1.29 is 4.79 Å². The molecule has 1 aromatic carbocycles. The van der Waals surface area contributed by atoms with E-state index in [2.05, 4.69) is 51.0 Å². The van der Waals surface area contributed by atoms with E-state index in [1.807, 2.05) is 0 Å². The minimum Gasteiger partial charge on any atom is -0.305 e. The highest BCUT2D eigenvalue weighted by atomic mass is 16.1. The van der Waals surface area contributed by atoms with Crippen LogP contribution >= 0.6 is 0 Å². The number of nitrogens with zero attached hydrogens (tertiary/aromatic N) is 2. The van der Waals surface area contributed by atoms with Gasteiger partial charge in [-0.3, -0.25) is 9.79 Å². The van der Waals surface area contributed by atoms with Crippen LogP contribution < -0.4 is 0 Å². The number of carbonyl (C=O) groups excluding carboxylic acids is 1. The Balaban J connectivity index is 1.86. The van der Waals surface area contributed by atoms with Crippen molar-refractivity contribution in [2.75, 3.05) is 14.1 Å². The summed E-state index contributed by atoms with van der Waals surface area (Å²) in [5, 5.41) is 0. The zero-order valence-corrected chi connectivity index (χ0v) is 16.3. The van der Waals surface area contributed by atoms with E-state index >= 15 is 0 Å². The SMILES string of the molecule is CN(C)Cc1ccc2c(c1)C(CC(=O)C1CCCCC1)=NC(C)(C)C2. The number of hydrogen-bond donors (Lipinski definition) is 0. The van der Waals surface area contributed by atoms with Crippen LogP contribution in [0.5, 0.6) is 0 Å². The van der Waals surface area contributed by atoms with Crippen LogP contribution in [0.3, 0.4) is 0 Å². The first-order chi connectivity index (χ1) is 11.8. The summed E-state index contributed by atoms with van der Waals surface area (Å²) in [6.45, 7) is 5.27. The van der Waals surface area contributed by atoms with Crippen molar-refractivity contribution >= 4 is 11.5 Å². The van der Waals surface area contributed by atoms with Gasteiger partial charge < -0.3 is 4.90 Å². The normalized spacial score (nSPS) is 20.3. The van der Waals surface area contributed by atoms with Gasteiger partial charge in [0.05, 0.1) is 11.3 Å². The number of benzene rings is 1. The lowest BCUT2D eigenvalue weighted by Gasteiger charge is -2.30. The second-order valence-electron chi connectivity index (χ2n) is 8.76. The molecule has 0 amide bonds. The Morgan fingerprint density at radius 1 is 1.20 bits per heavy atom. The molecule has 136 valence electrons. The molecule has 1 aliphatic carbocycles. The largest absolute Gasteiger partial charge is 0.305 e. The summed E-state index contributed by atoms with van der Waals surface area (Å²) in [6, 6.07) is 6.73. The molecule has 2 aliphatic rings. The monoisotopic (exact) mass is 340 g/mol. The summed E-state index contributed by atoms with van der Waals surface area (Å²) in [6.07, 6.45) is 7.30. The Morgan fingerprint density at radius 3 is 2.60 bits per heavy atom. The van der Waals surface area contributed by atoms with Crippen LogP contribution in [0, 0.1) is 5.92 Å². The van der Waals surface area contributed by atoms with Crippen LogP contribution in [0.4, 0.5) is 0 Å². The van der Waals surface area contributed by atoms with Gasteiger partial charge in [-0.1, -0.05) is 31.4 Å². The predicted octanol–water partition coefficient (Wildman–Crippen LogP) is 4.41. The standard InChI is InChI=1S/C22H32N2O/c1-22(2)14-18-11-10-16(15-24(3)4)12-19(18)20(23-22)13-21(25)17-8-6-5-7-9-17/h10-12,17H,5-9,13-15H2,1-4H3. The summed E-state index contributed by atoms with van der Waals surface area (Å²) in [5.74, 6) is 0.662. The van der Waals surface area contributed by atoms with Crippen LogP contribution in [0.2, 0.25) is 0 Å². The van der Waals surface area contributed by atoms with E-state index in [-0.39, 0.29) is 11.5 Å². The van der Waals surface area contributed by atoms with Gasteiger partial charge >= 0.3 is 0 Å². The predicted molar refractivity (Wildman–Crippen MR) is 104 cm³/mol. The Labute approximate surface area is 152 Å². The first-order valence-corrected chi connectivity index (χ1v) is 9.72. The van der Waals surface area contributed by atoms with Gasteiger partial charge in [0.15, 0.2) is 0 Å². The van der Waals surface area contributed by atoms with E-state index in [1.165, 1.54) is 36.0 Å². The van der Waals surface area contributed by atoms with Crippen molar-refractivity contribution in [3.63, 3.8) is 0 Å². The second kappa shape index (κ2) is 7.41. The third kappa shape index (κ3) is 4.58. The molecule has 25 heavy (non-hydrogen) atoms. The zero-order chi connectivity index (χ0) is 18.0. The van der Waals surface area contributed by atoms with Gasteiger partial charge in [-0.05, 0) is 70.0 Å². The molecule has 3 heteroatoms. The molecule has 0 saturated heterocycles. The molecule has 0 unspecified atom stereocenters. The molecule has 0 spiro atoms. The van der Waals surface area contributed by atoms with Gasteiger partial charge in [-0.15, -0.1) is 0 Å². The molecule has 0 aromatic heterocycles. The van der Waals surface area contributed by atoms with Gasteiger partial charge in [-0.25, -0.2) is 0 Å². The van der Waals surface area contributed by atoms with Crippen molar-refractivity contribution in [2.45, 2.75) is 70.9 Å². The number of hydrogen-bond acceptors (Lipinski definition) is 3. The highest BCUT2D eigenvalue weighted by molar-refractivity contribution is 6.13. The minimum absolute atomic E-state index is 0.113. The van der Waals surface area contributed by atoms with E-state index in [4.69, 9.17) is 4.99 Å². The average Bonchev–Trinajstić information content (AvgIpc) is 2.55. The third-order valence-electron chi connectivity index (χ3n) is 5.45. The van der Waals surface area contributed by atoms with Gasteiger partial charge in [0.2, 0.25) is 0 Å². The van der Waals surface area contributed by atoms with Crippen molar-refractivity contribution in [1.29, 1.82) is 0 Å². The molecule has 1 fully saturated rings. The fourth-order valence-electron chi connectivity index (χ4n) is 4.31. The number of aliphatic imine (C=N–C) groups is 1. The van der Waals surface area contributed by atoms with Gasteiger partial charge in [0.1, 0.15) is 5.78 Å². The van der Waals surface area contributed by atoms with Crippen LogP contribution in [0.1, 0.15) is 69.1 Å². The molecule has 1 aromatic rings. The molecule has 0 radical (unpaired) electrons. The second-order valence-corrected chi connectivity index (χ2v) is 8.76. The average molecular weight is 341 g/mol. The molecule has 1 saturated carbocycles. The van der Waals surface area contributed by atoms with E-state index in [0.29, 0.717) is 12.2 Å². The van der Waals surface area contributed by atoms with Crippen LogP contribution in [0.25, 0.3) is 0 Å². The fourth-order valence-corrected chi connectivity index (χ4v) is 4.31. The maximum Gasteiger partial charge on any atom is 0.141 e. The molecule has 3 nitrogen and oxygen atoms in total. The van der Waals surface area contributed by atoms with Gasteiger partial charge in [0.25, 0.3) is 0 Å². The third-order valence-corrected chi connectivity index (χ3v) is 5.45. The molecule has 0 N–H and O–H groups in total. The molecular weight excluding hydrogens is 308 g/mol. The fraction of sp³-hybridized carbons (Fsp3) is 0.636. The number of carbonyl (C=O) groups is 1. The number of ketones is 1. The number of Topliss-reactive ketones (excluding diaryl/α,β-unsaturated/α-hetero) is 1. The van der Waals surface area contributed by atoms with Crippen molar-refractivity contribution in [1.82, 2.24) is 4.90 Å². The number of fused-ring (bicyclic) bond motifs is 1.